The van der Waals surface area contributed by atoms with Crippen LogP contribution in [0.5, 0.6) is 0 Å². The maximum absolute atomic E-state index is 6.28. The largest absolute Gasteiger partial charge is 0.305 e. The highest BCUT2D eigenvalue weighted by molar-refractivity contribution is 7.09. The molecule has 0 fully saturated rings. The number of nitrogens with zero attached hydrogens (tertiary/aromatic N) is 1. The van der Waals surface area contributed by atoms with Crippen LogP contribution in [0, 0.1) is 6.92 Å². The molecule has 1 aromatic heterocycles. The molecule has 2 aromatic rings. The van der Waals surface area contributed by atoms with E-state index < -0.39 is 0 Å². The fraction of sp³-hybridized carbons (Fsp3) is 0.471. The van der Waals surface area contributed by atoms with Crippen LogP contribution < -0.4 is 5.32 Å². The third kappa shape index (κ3) is 3.85. The van der Waals surface area contributed by atoms with E-state index in [0.29, 0.717) is 0 Å². The second-order valence-corrected chi connectivity index (χ2v) is 7.62. The highest BCUT2D eigenvalue weighted by Crippen LogP contribution is 2.31. The highest BCUT2D eigenvalue weighted by Gasteiger charge is 2.22. The molecule has 0 bridgehead atoms. The van der Waals surface area contributed by atoms with Gasteiger partial charge in [0, 0.05) is 15.8 Å². The summed E-state index contributed by atoms with van der Waals surface area (Å²) in [7, 11) is 0. The predicted molar refractivity (Wildman–Crippen MR) is 92.5 cm³/mol. The zero-order valence-electron chi connectivity index (χ0n) is 13.3. The fourth-order valence-corrected chi connectivity index (χ4v) is 3.44. The molecular weight excluding hydrogens is 300 g/mol. The number of hydrogen-bond donors (Lipinski definition) is 1. The van der Waals surface area contributed by atoms with Crippen molar-refractivity contribution < 1.29 is 0 Å². The SMILES string of the molecule is CCNC(c1ccc(C)c(Cl)c1)c1nc(C(C)(C)C)cs1. The summed E-state index contributed by atoms with van der Waals surface area (Å²) in [4.78, 5) is 4.84. The lowest BCUT2D eigenvalue weighted by atomic mass is 9.93. The van der Waals surface area contributed by atoms with Crippen LogP contribution in [0.2, 0.25) is 5.02 Å². The molecule has 0 saturated heterocycles. The van der Waals surface area contributed by atoms with Crippen LogP contribution in [-0.4, -0.2) is 11.5 Å². The van der Waals surface area contributed by atoms with Gasteiger partial charge in [0.1, 0.15) is 5.01 Å². The number of benzene rings is 1. The molecule has 1 aromatic carbocycles. The molecule has 0 radical (unpaired) electrons. The summed E-state index contributed by atoms with van der Waals surface area (Å²) >= 11 is 7.99. The van der Waals surface area contributed by atoms with Gasteiger partial charge in [-0.1, -0.05) is 51.4 Å². The number of aromatic nitrogens is 1. The zero-order chi connectivity index (χ0) is 15.6. The van der Waals surface area contributed by atoms with Crippen molar-refractivity contribution >= 4 is 22.9 Å². The quantitative estimate of drug-likeness (QED) is 0.847. The van der Waals surface area contributed by atoms with E-state index in [2.05, 4.69) is 50.5 Å². The summed E-state index contributed by atoms with van der Waals surface area (Å²) in [6.07, 6.45) is 0. The molecule has 2 nitrogen and oxygen atoms in total. The van der Waals surface area contributed by atoms with Crippen LogP contribution in [0.3, 0.4) is 0 Å². The molecule has 21 heavy (non-hydrogen) atoms. The first-order valence-electron chi connectivity index (χ1n) is 7.28. The Morgan fingerprint density at radius 3 is 2.57 bits per heavy atom. The second kappa shape index (κ2) is 6.47. The van der Waals surface area contributed by atoms with Gasteiger partial charge in [0.2, 0.25) is 0 Å². The summed E-state index contributed by atoms with van der Waals surface area (Å²) in [6, 6.07) is 6.35. The van der Waals surface area contributed by atoms with E-state index in [9.17, 15) is 0 Å². The van der Waals surface area contributed by atoms with Crippen LogP contribution in [0.4, 0.5) is 0 Å². The lowest BCUT2D eigenvalue weighted by Crippen LogP contribution is -2.22. The first kappa shape index (κ1) is 16.5. The van der Waals surface area contributed by atoms with Crippen molar-refractivity contribution in [3.63, 3.8) is 0 Å². The van der Waals surface area contributed by atoms with Gasteiger partial charge in [-0.3, -0.25) is 0 Å². The molecule has 0 aliphatic rings. The van der Waals surface area contributed by atoms with Crippen molar-refractivity contribution in [3.05, 3.63) is 50.4 Å². The normalized spacial score (nSPS) is 13.4. The number of hydrogen-bond acceptors (Lipinski definition) is 3. The predicted octanol–water partition coefficient (Wildman–Crippen LogP) is 5.10. The Hall–Kier alpha value is -0.900. The maximum Gasteiger partial charge on any atom is 0.114 e. The van der Waals surface area contributed by atoms with Gasteiger partial charge >= 0.3 is 0 Å². The van der Waals surface area contributed by atoms with Gasteiger partial charge in [0.05, 0.1) is 11.7 Å². The molecule has 114 valence electrons. The summed E-state index contributed by atoms with van der Waals surface area (Å²) in [6.45, 7) is 11.6. The average Bonchev–Trinajstić information content (AvgIpc) is 2.89. The standard InChI is InChI=1S/C17H23ClN2S/c1-6-19-15(12-8-7-11(2)13(18)9-12)16-20-14(10-21-16)17(3,4)5/h7-10,15,19H,6H2,1-5H3. The van der Waals surface area contributed by atoms with Gasteiger partial charge in [-0.05, 0) is 30.7 Å². The maximum atomic E-state index is 6.28. The minimum absolute atomic E-state index is 0.0798. The Bertz CT molecular complexity index is 613. The van der Waals surface area contributed by atoms with Crippen LogP contribution in [0.25, 0.3) is 0 Å². The summed E-state index contributed by atoms with van der Waals surface area (Å²) in [5.74, 6) is 0. The second-order valence-electron chi connectivity index (χ2n) is 6.32. The molecule has 4 heteroatoms. The zero-order valence-corrected chi connectivity index (χ0v) is 14.9. The van der Waals surface area contributed by atoms with Gasteiger partial charge in [0.15, 0.2) is 0 Å². The van der Waals surface area contributed by atoms with Crippen LogP contribution in [0.15, 0.2) is 23.6 Å². The van der Waals surface area contributed by atoms with Gasteiger partial charge < -0.3 is 5.32 Å². The Kier molecular flexibility index (Phi) is 5.07. The van der Waals surface area contributed by atoms with Gasteiger partial charge in [0.25, 0.3) is 0 Å². The molecule has 0 spiro atoms. The van der Waals surface area contributed by atoms with E-state index in [1.54, 1.807) is 11.3 Å². The number of halogens is 1. The number of rotatable bonds is 4. The van der Waals surface area contributed by atoms with E-state index in [1.165, 1.54) is 5.56 Å². The number of aryl methyl sites for hydroxylation is 1. The smallest absolute Gasteiger partial charge is 0.114 e. The molecule has 0 aliphatic heterocycles. The Balaban J connectivity index is 2.38. The molecule has 2 rings (SSSR count). The van der Waals surface area contributed by atoms with Gasteiger partial charge in [-0.25, -0.2) is 4.98 Å². The lowest BCUT2D eigenvalue weighted by molar-refractivity contribution is 0.562. The highest BCUT2D eigenvalue weighted by atomic mass is 35.5. The van der Waals surface area contributed by atoms with Crippen LogP contribution >= 0.6 is 22.9 Å². The third-order valence-corrected chi connectivity index (χ3v) is 4.79. The van der Waals surface area contributed by atoms with Crippen molar-refractivity contribution in [2.75, 3.05) is 6.54 Å². The summed E-state index contributed by atoms with van der Waals surface area (Å²) < 4.78 is 0. The van der Waals surface area contributed by atoms with Crippen molar-refractivity contribution in [1.29, 1.82) is 0 Å². The first-order valence-corrected chi connectivity index (χ1v) is 8.54. The molecule has 1 N–H and O–H groups in total. The molecule has 0 aliphatic carbocycles. The number of nitrogens with one attached hydrogen (secondary N) is 1. The van der Waals surface area contributed by atoms with Crippen LogP contribution in [-0.2, 0) is 5.41 Å². The molecule has 1 unspecified atom stereocenters. The van der Waals surface area contributed by atoms with Crippen molar-refractivity contribution in [1.82, 2.24) is 10.3 Å². The molecule has 1 atom stereocenters. The Morgan fingerprint density at radius 1 is 1.33 bits per heavy atom. The average molecular weight is 323 g/mol. The summed E-state index contributed by atoms with van der Waals surface area (Å²) in [5.41, 5.74) is 3.49. The van der Waals surface area contributed by atoms with Gasteiger partial charge in [-0.15, -0.1) is 11.3 Å². The van der Waals surface area contributed by atoms with E-state index in [1.807, 2.05) is 13.0 Å². The molecule has 0 amide bonds. The fourth-order valence-electron chi connectivity index (χ4n) is 2.11. The van der Waals surface area contributed by atoms with Crippen molar-refractivity contribution in [2.45, 2.75) is 46.1 Å². The van der Waals surface area contributed by atoms with E-state index in [0.717, 1.165) is 27.8 Å². The van der Waals surface area contributed by atoms with Crippen molar-refractivity contribution in [3.8, 4) is 0 Å². The van der Waals surface area contributed by atoms with E-state index in [-0.39, 0.29) is 11.5 Å². The monoisotopic (exact) mass is 322 g/mol. The minimum Gasteiger partial charge on any atom is -0.305 e. The summed E-state index contributed by atoms with van der Waals surface area (Å²) in [5, 5.41) is 7.59. The van der Waals surface area contributed by atoms with Crippen molar-refractivity contribution in [2.24, 2.45) is 0 Å². The minimum atomic E-state index is 0.0798. The topological polar surface area (TPSA) is 24.9 Å². The lowest BCUT2D eigenvalue weighted by Gasteiger charge is -2.18. The van der Waals surface area contributed by atoms with E-state index >= 15 is 0 Å². The Labute approximate surface area is 136 Å². The first-order chi connectivity index (χ1) is 9.82. The molecule has 1 heterocycles. The van der Waals surface area contributed by atoms with Crippen LogP contribution in [0.1, 0.15) is 55.6 Å². The van der Waals surface area contributed by atoms with E-state index in [4.69, 9.17) is 16.6 Å². The Morgan fingerprint density at radius 2 is 2.05 bits per heavy atom. The molecular formula is C17H23ClN2S. The molecule has 0 saturated carbocycles. The number of thiazole rings is 1. The van der Waals surface area contributed by atoms with Gasteiger partial charge in [-0.2, -0.15) is 0 Å². The third-order valence-electron chi connectivity index (χ3n) is 3.47.